The van der Waals surface area contributed by atoms with Crippen molar-refractivity contribution in [2.45, 2.75) is 59.2 Å². The molecule has 0 saturated heterocycles. The number of nitrogens with two attached hydrogens (primary N) is 1. The number of carbonyl (C=O) groups is 3. The Morgan fingerprint density at radius 2 is 1.54 bits per heavy atom. The molecule has 0 aromatic heterocycles. The second kappa shape index (κ2) is 15.4. The van der Waals surface area contributed by atoms with Crippen molar-refractivity contribution >= 4 is 25.8 Å². The van der Waals surface area contributed by atoms with Gasteiger partial charge in [-0.05, 0) is 29.2 Å². The van der Waals surface area contributed by atoms with Gasteiger partial charge in [0, 0.05) is 20.5 Å². The standard InChI is InChI=1S/C16H32N3O4P.C2H4O2/c1-10(2)7-12(14(9-17)24(22)23-6)15(20)19-13(8-11(3)4)16(21)18-5;1-2(3)4/h10-14H,7-9,17H2,1-6H3,(H-,18,19,20,21);1H3,(H,3,4)/p+1/t12?,13-,14?;/m0./s1. The summed E-state index contributed by atoms with van der Waals surface area (Å²) in [4.78, 5) is 33.8. The molecule has 0 aliphatic heterocycles. The number of likely N-dealkylation sites (N-methyl/N-ethyl adjacent to an activating group) is 1. The van der Waals surface area contributed by atoms with Crippen LogP contribution >= 0.6 is 8.03 Å². The number of aliphatic carboxylic acids is 1. The van der Waals surface area contributed by atoms with E-state index in [0.717, 1.165) is 6.92 Å². The second-order valence-electron chi connectivity index (χ2n) is 7.33. The van der Waals surface area contributed by atoms with Gasteiger partial charge < -0.3 is 21.5 Å². The SMILES string of the molecule is CC(=O)O.CNC(=O)[C@H](CC(C)C)NC(=O)C(CC(C)C)C(CN)[P+](=O)OC. The molecule has 0 radical (unpaired) electrons. The minimum Gasteiger partial charge on any atom is -0.481 e. The van der Waals surface area contributed by atoms with Gasteiger partial charge in [-0.3, -0.25) is 14.4 Å². The van der Waals surface area contributed by atoms with Gasteiger partial charge in [0.25, 0.3) is 5.97 Å². The molecule has 0 bridgehead atoms. The molecule has 9 nitrogen and oxygen atoms in total. The topological polar surface area (TPSA) is 148 Å². The van der Waals surface area contributed by atoms with Crippen LogP contribution in [0.1, 0.15) is 47.5 Å². The molecular weight excluding hydrogens is 385 g/mol. The molecule has 0 aromatic rings. The lowest BCUT2D eigenvalue weighted by atomic mass is 9.92. The van der Waals surface area contributed by atoms with E-state index in [1.807, 2.05) is 27.7 Å². The van der Waals surface area contributed by atoms with Gasteiger partial charge >= 0.3 is 8.03 Å². The summed E-state index contributed by atoms with van der Waals surface area (Å²) in [6.07, 6.45) is 1.06. The van der Waals surface area contributed by atoms with E-state index < -0.39 is 31.6 Å². The van der Waals surface area contributed by atoms with Gasteiger partial charge in [0.05, 0.1) is 13.0 Å². The minimum atomic E-state index is -2.04. The predicted molar refractivity (Wildman–Crippen MR) is 109 cm³/mol. The highest BCUT2D eigenvalue weighted by Gasteiger charge is 2.43. The number of amides is 2. The fourth-order valence-corrected chi connectivity index (χ4v) is 3.63. The van der Waals surface area contributed by atoms with Gasteiger partial charge in [-0.2, -0.15) is 0 Å². The average Bonchev–Trinajstić information content (AvgIpc) is 2.58. The maximum Gasteiger partial charge on any atom is 0.513 e. The van der Waals surface area contributed by atoms with E-state index in [1.54, 1.807) is 0 Å². The summed E-state index contributed by atoms with van der Waals surface area (Å²) in [7, 11) is 0.843. The Balaban J connectivity index is 0. The normalized spacial score (nSPS) is 14.4. The Hall–Kier alpha value is -1.57. The molecule has 4 atom stereocenters. The molecule has 28 heavy (non-hydrogen) atoms. The van der Waals surface area contributed by atoms with Gasteiger partial charge in [0.1, 0.15) is 6.04 Å². The molecule has 3 unspecified atom stereocenters. The zero-order valence-corrected chi connectivity index (χ0v) is 18.9. The molecule has 10 heteroatoms. The second-order valence-corrected chi connectivity index (χ2v) is 8.93. The summed E-state index contributed by atoms with van der Waals surface area (Å²) in [5.74, 6) is -1.46. The van der Waals surface area contributed by atoms with E-state index in [4.69, 9.17) is 20.2 Å². The van der Waals surface area contributed by atoms with E-state index in [2.05, 4.69) is 10.6 Å². The Bertz CT molecular complexity index is 510. The van der Waals surface area contributed by atoms with Crippen LogP contribution in [0.5, 0.6) is 0 Å². The van der Waals surface area contributed by atoms with Crippen molar-refractivity contribution in [3.8, 4) is 0 Å². The molecule has 164 valence electrons. The third kappa shape index (κ3) is 12.8. The Labute approximate surface area is 169 Å². The van der Waals surface area contributed by atoms with E-state index in [9.17, 15) is 14.2 Å². The molecule has 2 amide bonds. The summed E-state index contributed by atoms with van der Waals surface area (Å²) >= 11 is 0. The van der Waals surface area contributed by atoms with Gasteiger partial charge in [-0.15, -0.1) is 4.52 Å². The van der Waals surface area contributed by atoms with Crippen LogP contribution in [0.2, 0.25) is 0 Å². The quantitative estimate of drug-likeness (QED) is 0.371. The van der Waals surface area contributed by atoms with Crippen molar-refractivity contribution in [3.63, 3.8) is 0 Å². The number of carboxylic acid groups (broad SMARTS) is 1. The van der Waals surface area contributed by atoms with Crippen LogP contribution in [0.3, 0.4) is 0 Å². The maximum atomic E-state index is 12.8. The van der Waals surface area contributed by atoms with Crippen molar-refractivity contribution in [2.75, 3.05) is 20.7 Å². The first kappa shape index (κ1) is 28.6. The highest BCUT2D eigenvalue weighted by Crippen LogP contribution is 2.36. The first-order chi connectivity index (χ1) is 12.9. The lowest BCUT2D eigenvalue weighted by Crippen LogP contribution is -2.50. The van der Waals surface area contributed by atoms with Crippen molar-refractivity contribution in [3.05, 3.63) is 0 Å². The fraction of sp³-hybridized carbons (Fsp3) is 0.833. The largest absolute Gasteiger partial charge is 0.513 e. The van der Waals surface area contributed by atoms with Crippen LogP contribution in [0.15, 0.2) is 0 Å². The van der Waals surface area contributed by atoms with Gasteiger partial charge in [0.15, 0.2) is 0 Å². The van der Waals surface area contributed by atoms with Crippen molar-refractivity contribution in [2.24, 2.45) is 23.5 Å². The molecule has 0 fully saturated rings. The smallest absolute Gasteiger partial charge is 0.481 e. The highest BCUT2D eigenvalue weighted by atomic mass is 31.1. The summed E-state index contributed by atoms with van der Waals surface area (Å²) in [6.45, 7) is 9.11. The van der Waals surface area contributed by atoms with Gasteiger partial charge in [-0.25, -0.2) is 0 Å². The first-order valence-corrected chi connectivity index (χ1v) is 10.6. The van der Waals surface area contributed by atoms with E-state index in [-0.39, 0.29) is 30.2 Å². The summed E-state index contributed by atoms with van der Waals surface area (Å²) in [5.41, 5.74) is 5.17. The molecule has 5 N–H and O–H groups in total. The zero-order valence-electron chi connectivity index (χ0n) is 18.0. The Morgan fingerprint density at radius 1 is 1.07 bits per heavy atom. The third-order valence-corrected chi connectivity index (χ3v) is 5.28. The third-order valence-electron chi connectivity index (χ3n) is 3.81. The summed E-state index contributed by atoms with van der Waals surface area (Å²) < 4.78 is 17.0. The molecule has 0 aliphatic rings. The van der Waals surface area contributed by atoms with Crippen LogP contribution in [-0.4, -0.2) is 55.3 Å². The average molecular weight is 422 g/mol. The molecule has 0 aromatic carbocycles. The van der Waals surface area contributed by atoms with Crippen LogP contribution in [-0.2, 0) is 23.5 Å². The zero-order chi connectivity index (χ0) is 22.4. The van der Waals surface area contributed by atoms with Crippen LogP contribution in [0, 0.1) is 17.8 Å². The maximum absolute atomic E-state index is 12.8. The number of carbonyl (C=O) groups excluding carboxylic acids is 2. The monoisotopic (exact) mass is 422 g/mol. The number of rotatable bonds is 11. The van der Waals surface area contributed by atoms with Crippen LogP contribution in [0.4, 0.5) is 0 Å². The van der Waals surface area contributed by atoms with E-state index in [1.165, 1.54) is 14.2 Å². The number of nitrogens with one attached hydrogen (secondary N) is 2. The Kier molecular flexibility index (Phi) is 15.7. The number of hydrogen-bond acceptors (Lipinski definition) is 6. The van der Waals surface area contributed by atoms with Crippen LogP contribution in [0.25, 0.3) is 0 Å². The molecule has 0 saturated carbocycles. The first-order valence-electron chi connectivity index (χ1n) is 9.33. The lowest BCUT2D eigenvalue weighted by molar-refractivity contribution is -0.134. The minimum absolute atomic E-state index is 0.0860. The number of hydrogen-bond donors (Lipinski definition) is 4. The molecule has 0 spiro atoms. The van der Waals surface area contributed by atoms with Crippen molar-refractivity contribution < 1.29 is 28.6 Å². The number of carboxylic acids is 1. The van der Waals surface area contributed by atoms with Gasteiger partial charge in [-0.1, -0.05) is 27.7 Å². The lowest BCUT2D eigenvalue weighted by Gasteiger charge is -2.24. The van der Waals surface area contributed by atoms with Crippen LogP contribution < -0.4 is 16.4 Å². The van der Waals surface area contributed by atoms with E-state index in [0.29, 0.717) is 12.8 Å². The molecule has 0 rings (SSSR count). The summed E-state index contributed by atoms with van der Waals surface area (Å²) in [6, 6.07) is -0.615. The molecular formula is C18H37N3O6P+. The Morgan fingerprint density at radius 3 is 1.86 bits per heavy atom. The molecule has 0 heterocycles. The van der Waals surface area contributed by atoms with Gasteiger partial charge in [0.2, 0.25) is 17.5 Å². The van der Waals surface area contributed by atoms with E-state index >= 15 is 0 Å². The van der Waals surface area contributed by atoms with Crippen molar-refractivity contribution in [1.29, 1.82) is 0 Å². The fourth-order valence-electron chi connectivity index (χ4n) is 2.64. The van der Waals surface area contributed by atoms with Crippen molar-refractivity contribution in [1.82, 2.24) is 10.6 Å². The highest BCUT2D eigenvalue weighted by molar-refractivity contribution is 7.40. The summed E-state index contributed by atoms with van der Waals surface area (Å²) in [5, 5.41) is 12.8. The predicted octanol–water partition coefficient (Wildman–Crippen LogP) is 1.73. The molecule has 0 aliphatic carbocycles.